The van der Waals surface area contributed by atoms with Crippen molar-refractivity contribution in [2.75, 3.05) is 38.2 Å². The Balaban J connectivity index is 1.34. The molecule has 6 nitrogen and oxygen atoms in total. The molecule has 1 aliphatic heterocycles. The summed E-state index contributed by atoms with van der Waals surface area (Å²) in [5.41, 5.74) is 2.70. The molecule has 0 spiro atoms. The minimum absolute atomic E-state index is 0.0817. The largest absolute Gasteiger partial charge is 0.497 e. The maximum absolute atomic E-state index is 12.7. The SMILES string of the molecule is COc1cccc(N2CCN(C(=O)Cc3coc(-c4ccccc4)n3)CC2)c1. The molecular weight excluding hydrogens is 354 g/mol. The van der Waals surface area contributed by atoms with Crippen molar-refractivity contribution in [3.63, 3.8) is 0 Å². The van der Waals surface area contributed by atoms with E-state index < -0.39 is 0 Å². The van der Waals surface area contributed by atoms with E-state index in [0.29, 0.717) is 24.7 Å². The van der Waals surface area contributed by atoms with Crippen molar-refractivity contribution < 1.29 is 13.9 Å². The standard InChI is InChI=1S/C22H23N3O3/c1-27-20-9-5-8-19(15-20)24-10-12-25(13-11-24)21(26)14-18-16-28-22(23-18)17-6-3-2-4-7-17/h2-9,15-16H,10-14H2,1H3. The molecule has 1 fully saturated rings. The number of hydrogen-bond donors (Lipinski definition) is 0. The van der Waals surface area contributed by atoms with Crippen molar-refractivity contribution in [2.45, 2.75) is 6.42 Å². The minimum atomic E-state index is 0.0817. The fraction of sp³-hybridized carbons (Fsp3) is 0.273. The third-order valence-corrected chi connectivity index (χ3v) is 4.96. The van der Waals surface area contributed by atoms with Gasteiger partial charge in [0.25, 0.3) is 0 Å². The van der Waals surface area contributed by atoms with Crippen LogP contribution < -0.4 is 9.64 Å². The Morgan fingerprint density at radius 3 is 2.61 bits per heavy atom. The summed E-state index contributed by atoms with van der Waals surface area (Å²) in [5, 5.41) is 0. The second kappa shape index (κ2) is 8.17. The van der Waals surface area contributed by atoms with Gasteiger partial charge in [-0.25, -0.2) is 4.98 Å². The third-order valence-electron chi connectivity index (χ3n) is 4.96. The third kappa shape index (κ3) is 4.01. The zero-order valence-electron chi connectivity index (χ0n) is 15.9. The molecule has 2 aromatic carbocycles. The van der Waals surface area contributed by atoms with Gasteiger partial charge in [-0.15, -0.1) is 0 Å². The summed E-state index contributed by atoms with van der Waals surface area (Å²) in [5.74, 6) is 1.47. The number of amides is 1. The summed E-state index contributed by atoms with van der Waals surface area (Å²) >= 11 is 0. The lowest BCUT2D eigenvalue weighted by Gasteiger charge is -2.36. The number of anilines is 1. The first-order valence-corrected chi connectivity index (χ1v) is 9.39. The Hall–Kier alpha value is -3.28. The van der Waals surface area contributed by atoms with Crippen LogP contribution in [0, 0.1) is 0 Å². The predicted molar refractivity (Wildman–Crippen MR) is 107 cm³/mol. The molecule has 1 aliphatic rings. The summed E-state index contributed by atoms with van der Waals surface area (Å²) in [6.45, 7) is 2.98. The molecule has 1 amide bonds. The van der Waals surface area contributed by atoms with E-state index in [1.807, 2.05) is 53.4 Å². The first kappa shape index (κ1) is 18.1. The number of oxazole rings is 1. The van der Waals surface area contributed by atoms with E-state index in [1.165, 1.54) is 0 Å². The molecule has 1 saturated heterocycles. The van der Waals surface area contributed by atoms with E-state index in [0.717, 1.165) is 30.1 Å². The maximum Gasteiger partial charge on any atom is 0.228 e. The maximum atomic E-state index is 12.7. The molecule has 0 unspecified atom stereocenters. The van der Waals surface area contributed by atoms with Crippen LogP contribution in [0.5, 0.6) is 5.75 Å². The zero-order valence-corrected chi connectivity index (χ0v) is 15.9. The Bertz CT molecular complexity index is 931. The van der Waals surface area contributed by atoms with Crippen LogP contribution in [0.3, 0.4) is 0 Å². The van der Waals surface area contributed by atoms with Gasteiger partial charge in [0.05, 0.1) is 19.2 Å². The van der Waals surface area contributed by atoms with Crippen LogP contribution in [0.15, 0.2) is 65.3 Å². The highest BCUT2D eigenvalue weighted by molar-refractivity contribution is 5.78. The molecular formula is C22H23N3O3. The number of nitrogens with zero attached hydrogens (tertiary/aromatic N) is 3. The molecule has 28 heavy (non-hydrogen) atoms. The highest BCUT2D eigenvalue weighted by atomic mass is 16.5. The fourth-order valence-electron chi connectivity index (χ4n) is 3.39. The Labute approximate surface area is 164 Å². The molecule has 2 heterocycles. The molecule has 6 heteroatoms. The molecule has 4 rings (SSSR count). The second-order valence-corrected chi connectivity index (χ2v) is 6.76. The number of carbonyl (C=O) groups excluding carboxylic acids is 1. The minimum Gasteiger partial charge on any atom is -0.497 e. The predicted octanol–water partition coefficient (Wildman–Crippen LogP) is 3.24. The Morgan fingerprint density at radius 2 is 1.86 bits per heavy atom. The molecule has 144 valence electrons. The van der Waals surface area contributed by atoms with Crippen molar-refractivity contribution in [1.29, 1.82) is 0 Å². The summed E-state index contributed by atoms with van der Waals surface area (Å²) < 4.78 is 10.8. The number of carbonyl (C=O) groups is 1. The average Bonchev–Trinajstić information content (AvgIpc) is 3.23. The number of hydrogen-bond acceptors (Lipinski definition) is 5. The van der Waals surface area contributed by atoms with Crippen molar-refractivity contribution in [2.24, 2.45) is 0 Å². The van der Waals surface area contributed by atoms with Gasteiger partial charge in [-0.05, 0) is 24.3 Å². The van der Waals surface area contributed by atoms with Gasteiger partial charge in [0.15, 0.2) is 0 Å². The number of aromatic nitrogens is 1. The van der Waals surface area contributed by atoms with Crippen LogP contribution >= 0.6 is 0 Å². The van der Waals surface area contributed by atoms with Crippen molar-refractivity contribution >= 4 is 11.6 Å². The number of rotatable bonds is 5. The molecule has 3 aromatic rings. The molecule has 0 saturated carbocycles. The highest BCUT2D eigenvalue weighted by Gasteiger charge is 2.22. The van der Waals surface area contributed by atoms with E-state index in [9.17, 15) is 4.79 Å². The van der Waals surface area contributed by atoms with Gasteiger partial charge in [0, 0.05) is 43.5 Å². The van der Waals surface area contributed by atoms with Gasteiger partial charge in [0.2, 0.25) is 11.8 Å². The summed E-state index contributed by atoms with van der Waals surface area (Å²) in [6, 6.07) is 17.7. The van der Waals surface area contributed by atoms with Gasteiger partial charge in [-0.1, -0.05) is 24.3 Å². The Kier molecular flexibility index (Phi) is 5.28. The summed E-state index contributed by atoms with van der Waals surface area (Å²) in [6.07, 6.45) is 1.84. The van der Waals surface area contributed by atoms with Gasteiger partial charge in [0.1, 0.15) is 12.0 Å². The lowest BCUT2D eigenvalue weighted by atomic mass is 10.2. The van der Waals surface area contributed by atoms with Crippen molar-refractivity contribution in [1.82, 2.24) is 9.88 Å². The zero-order chi connectivity index (χ0) is 19.3. The average molecular weight is 377 g/mol. The van der Waals surface area contributed by atoms with E-state index >= 15 is 0 Å². The lowest BCUT2D eigenvalue weighted by molar-refractivity contribution is -0.130. The van der Waals surface area contributed by atoms with Gasteiger partial charge in [-0.2, -0.15) is 0 Å². The van der Waals surface area contributed by atoms with Crippen LogP contribution in [-0.2, 0) is 11.2 Å². The number of piperazine rings is 1. The molecule has 0 radical (unpaired) electrons. The van der Waals surface area contributed by atoms with Crippen LogP contribution in [0.1, 0.15) is 5.69 Å². The summed E-state index contributed by atoms with van der Waals surface area (Å²) in [7, 11) is 1.67. The lowest BCUT2D eigenvalue weighted by Crippen LogP contribution is -2.49. The van der Waals surface area contributed by atoms with Crippen molar-refractivity contribution in [3.05, 3.63) is 66.6 Å². The van der Waals surface area contributed by atoms with Gasteiger partial charge >= 0.3 is 0 Å². The number of benzene rings is 2. The van der Waals surface area contributed by atoms with E-state index in [2.05, 4.69) is 16.0 Å². The Morgan fingerprint density at radius 1 is 1.07 bits per heavy atom. The second-order valence-electron chi connectivity index (χ2n) is 6.76. The normalized spacial score (nSPS) is 14.2. The topological polar surface area (TPSA) is 58.8 Å². The fourth-order valence-corrected chi connectivity index (χ4v) is 3.39. The smallest absolute Gasteiger partial charge is 0.228 e. The van der Waals surface area contributed by atoms with E-state index in [4.69, 9.17) is 9.15 Å². The molecule has 0 aliphatic carbocycles. The first-order valence-electron chi connectivity index (χ1n) is 9.39. The molecule has 1 aromatic heterocycles. The van der Waals surface area contributed by atoms with Crippen LogP contribution in [0.4, 0.5) is 5.69 Å². The van der Waals surface area contributed by atoms with Crippen LogP contribution in [-0.4, -0.2) is 49.1 Å². The van der Waals surface area contributed by atoms with E-state index in [1.54, 1.807) is 13.4 Å². The van der Waals surface area contributed by atoms with Crippen LogP contribution in [0.2, 0.25) is 0 Å². The quantitative estimate of drug-likeness (QED) is 0.683. The monoisotopic (exact) mass is 377 g/mol. The van der Waals surface area contributed by atoms with Gasteiger partial charge in [-0.3, -0.25) is 4.79 Å². The first-order chi connectivity index (χ1) is 13.7. The highest BCUT2D eigenvalue weighted by Crippen LogP contribution is 2.22. The molecule has 0 N–H and O–H groups in total. The van der Waals surface area contributed by atoms with Gasteiger partial charge < -0.3 is 19.0 Å². The molecule has 0 atom stereocenters. The number of methoxy groups -OCH3 is 1. The summed E-state index contributed by atoms with van der Waals surface area (Å²) in [4.78, 5) is 21.3. The van der Waals surface area contributed by atoms with Crippen molar-refractivity contribution in [3.8, 4) is 17.2 Å². The number of ether oxygens (including phenoxy) is 1. The molecule has 0 bridgehead atoms. The van der Waals surface area contributed by atoms with E-state index in [-0.39, 0.29) is 12.3 Å². The van der Waals surface area contributed by atoms with Crippen LogP contribution in [0.25, 0.3) is 11.5 Å².